The van der Waals surface area contributed by atoms with Crippen molar-refractivity contribution in [2.75, 3.05) is 27.2 Å². The van der Waals surface area contributed by atoms with E-state index in [1.54, 1.807) is 0 Å². The Kier molecular flexibility index (Phi) is 6.38. The largest absolute Gasteiger partial charge is 0.478 e. The molecule has 0 bridgehead atoms. The highest BCUT2D eigenvalue weighted by molar-refractivity contribution is 5.92. The number of hydrogen-bond acceptors (Lipinski definition) is 4. The van der Waals surface area contributed by atoms with Crippen molar-refractivity contribution in [1.82, 2.24) is 23.8 Å². The molecule has 3 aromatic heterocycles. The summed E-state index contributed by atoms with van der Waals surface area (Å²) >= 11 is 0. The lowest BCUT2D eigenvalue weighted by Gasteiger charge is -2.39. The number of carboxylic acid groups (broad SMARTS) is 1. The van der Waals surface area contributed by atoms with Crippen LogP contribution in [-0.4, -0.2) is 68.1 Å². The summed E-state index contributed by atoms with van der Waals surface area (Å²) in [5.41, 5.74) is 6.62. The normalized spacial score (nSPS) is 16.9. The Balaban J connectivity index is 1.91. The third kappa shape index (κ3) is 4.08. The summed E-state index contributed by atoms with van der Waals surface area (Å²) in [5.74, 6) is -0.629. The van der Waals surface area contributed by atoms with Gasteiger partial charge in [0, 0.05) is 49.7 Å². The maximum absolute atomic E-state index is 12.3. The van der Waals surface area contributed by atoms with Crippen LogP contribution in [0.4, 0.5) is 0 Å². The molecule has 33 heavy (non-hydrogen) atoms. The van der Waals surface area contributed by atoms with E-state index in [0.29, 0.717) is 11.6 Å². The van der Waals surface area contributed by atoms with E-state index in [2.05, 4.69) is 60.2 Å². The number of aromatic nitrogens is 3. The molecule has 0 amide bonds. The molecule has 3 aromatic rings. The molecule has 4 rings (SSSR count). The Morgan fingerprint density at radius 3 is 2.39 bits per heavy atom. The van der Waals surface area contributed by atoms with Crippen LogP contribution in [0.15, 0.2) is 24.8 Å². The molecule has 1 saturated heterocycles. The summed E-state index contributed by atoms with van der Waals surface area (Å²) < 4.78 is 4.28. The van der Waals surface area contributed by atoms with E-state index in [0.717, 1.165) is 54.0 Å². The van der Waals surface area contributed by atoms with Gasteiger partial charge in [-0.25, -0.2) is 9.78 Å². The van der Waals surface area contributed by atoms with E-state index >= 15 is 0 Å². The number of aromatic carboxylic acids is 1. The Hall–Kier alpha value is -2.64. The van der Waals surface area contributed by atoms with Crippen molar-refractivity contribution in [1.29, 1.82) is 0 Å². The second-order valence-corrected chi connectivity index (χ2v) is 10.0. The third-order valence-corrected chi connectivity index (χ3v) is 7.49. The fourth-order valence-corrected chi connectivity index (χ4v) is 5.57. The van der Waals surface area contributed by atoms with Crippen molar-refractivity contribution in [2.24, 2.45) is 7.05 Å². The minimum atomic E-state index is -0.868. The number of piperidine rings is 1. The fourth-order valence-electron chi connectivity index (χ4n) is 5.57. The van der Waals surface area contributed by atoms with E-state index in [4.69, 9.17) is 0 Å². The third-order valence-electron chi connectivity index (χ3n) is 7.49. The van der Waals surface area contributed by atoms with Gasteiger partial charge in [0.2, 0.25) is 0 Å². The monoisotopic (exact) mass is 451 g/mol. The molecule has 1 aliphatic rings. The molecule has 1 fully saturated rings. The van der Waals surface area contributed by atoms with Gasteiger partial charge in [0.25, 0.3) is 0 Å². The zero-order valence-corrected chi connectivity index (χ0v) is 21.0. The molecular formula is C26H37N5O2. The smallest absolute Gasteiger partial charge is 0.336 e. The molecule has 178 valence electrons. The van der Waals surface area contributed by atoms with Gasteiger partial charge in [0.05, 0.1) is 29.3 Å². The van der Waals surface area contributed by atoms with Crippen LogP contribution in [0, 0.1) is 6.92 Å². The second kappa shape index (κ2) is 8.95. The SMILES string of the molecule is Cc1c(C(=O)O)cc2c(C(C)C)c(-c3cncn3C)cn2c1C(C)N1CCC(N(C)C)CC1. The number of rotatable bonds is 6. The fraction of sp³-hybridized carbons (Fsp3) is 0.538. The highest BCUT2D eigenvalue weighted by Gasteiger charge is 2.30. The average molecular weight is 452 g/mol. The number of aryl methyl sites for hydroxylation is 1. The number of hydrogen-bond donors (Lipinski definition) is 1. The van der Waals surface area contributed by atoms with Crippen molar-refractivity contribution >= 4 is 11.5 Å². The molecule has 0 aliphatic carbocycles. The minimum absolute atomic E-state index is 0.113. The molecule has 0 aromatic carbocycles. The van der Waals surface area contributed by atoms with Gasteiger partial charge >= 0.3 is 5.97 Å². The first-order chi connectivity index (χ1) is 15.6. The topological polar surface area (TPSA) is 66.0 Å². The highest BCUT2D eigenvalue weighted by Crippen LogP contribution is 2.38. The maximum atomic E-state index is 12.3. The molecule has 0 radical (unpaired) electrons. The van der Waals surface area contributed by atoms with Crippen LogP contribution in [0.2, 0.25) is 0 Å². The average Bonchev–Trinajstić information content (AvgIpc) is 3.35. The summed E-state index contributed by atoms with van der Waals surface area (Å²) in [6, 6.07) is 2.58. The van der Waals surface area contributed by atoms with Crippen LogP contribution < -0.4 is 0 Å². The predicted molar refractivity (Wildman–Crippen MR) is 132 cm³/mol. The van der Waals surface area contributed by atoms with Crippen molar-refractivity contribution in [2.45, 2.75) is 58.5 Å². The highest BCUT2D eigenvalue weighted by atomic mass is 16.4. The minimum Gasteiger partial charge on any atom is -0.478 e. The van der Waals surface area contributed by atoms with Gasteiger partial charge in [0.1, 0.15) is 0 Å². The van der Waals surface area contributed by atoms with Crippen LogP contribution in [0.5, 0.6) is 0 Å². The predicted octanol–water partition coefficient (Wildman–Crippen LogP) is 4.56. The number of pyridine rings is 1. The number of imidazole rings is 1. The lowest BCUT2D eigenvalue weighted by atomic mass is 9.95. The number of nitrogens with zero attached hydrogens (tertiary/aromatic N) is 5. The lowest BCUT2D eigenvalue weighted by Crippen LogP contribution is -2.43. The van der Waals surface area contributed by atoms with E-state index in [9.17, 15) is 9.90 Å². The van der Waals surface area contributed by atoms with Crippen LogP contribution in [0.1, 0.15) is 72.8 Å². The lowest BCUT2D eigenvalue weighted by molar-refractivity contribution is 0.0695. The van der Waals surface area contributed by atoms with E-state index in [1.165, 1.54) is 5.56 Å². The molecular weight excluding hydrogens is 414 g/mol. The Morgan fingerprint density at radius 2 is 1.88 bits per heavy atom. The maximum Gasteiger partial charge on any atom is 0.336 e. The standard InChI is InChI=1S/C26H37N5O2/c1-16(2)24-21(23-13-27-15-29(23)7)14-31-22(24)12-20(26(32)33)17(3)25(31)18(4)30-10-8-19(9-11-30)28(5)6/h12-16,18-19H,8-11H2,1-7H3,(H,32,33). The van der Waals surface area contributed by atoms with Gasteiger partial charge in [-0.15, -0.1) is 0 Å². The van der Waals surface area contributed by atoms with Crippen LogP contribution >= 0.6 is 0 Å². The van der Waals surface area contributed by atoms with Gasteiger partial charge < -0.3 is 19.0 Å². The number of likely N-dealkylation sites (tertiary alicyclic amines) is 1. The molecule has 1 aliphatic heterocycles. The van der Waals surface area contributed by atoms with Gasteiger partial charge in [-0.3, -0.25) is 4.90 Å². The molecule has 1 N–H and O–H groups in total. The molecule has 1 unspecified atom stereocenters. The van der Waals surface area contributed by atoms with E-state index in [-0.39, 0.29) is 12.0 Å². The summed E-state index contributed by atoms with van der Waals surface area (Å²) in [6.45, 7) is 10.5. The Bertz CT molecular complexity index is 1170. The summed E-state index contributed by atoms with van der Waals surface area (Å²) in [6.07, 6.45) is 8.15. The number of fused-ring (bicyclic) bond motifs is 1. The van der Waals surface area contributed by atoms with Crippen LogP contribution in [-0.2, 0) is 7.05 Å². The Morgan fingerprint density at radius 1 is 1.21 bits per heavy atom. The van der Waals surface area contributed by atoms with Gasteiger partial charge in [-0.1, -0.05) is 13.8 Å². The zero-order valence-electron chi connectivity index (χ0n) is 21.0. The van der Waals surface area contributed by atoms with E-state index in [1.807, 2.05) is 37.1 Å². The number of carboxylic acids is 1. The van der Waals surface area contributed by atoms with Gasteiger partial charge in [-0.05, 0) is 63.9 Å². The molecule has 0 saturated carbocycles. The first kappa shape index (κ1) is 23.5. The molecule has 4 heterocycles. The quantitative estimate of drug-likeness (QED) is 0.595. The van der Waals surface area contributed by atoms with E-state index < -0.39 is 5.97 Å². The molecule has 1 atom stereocenters. The summed E-state index contributed by atoms with van der Waals surface area (Å²) in [5, 5.41) is 10.1. The van der Waals surface area contributed by atoms with Crippen LogP contribution in [0.25, 0.3) is 16.8 Å². The number of carbonyl (C=O) groups is 1. The first-order valence-electron chi connectivity index (χ1n) is 11.9. The van der Waals surface area contributed by atoms with Crippen molar-refractivity contribution in [3.63, 3.8) is 0 Å². The van der Waals surface area contributed by atoms with Gasteiger partial charge in [0.15, 0.2) is 0 Å². The molecule has 7 heteroatoms. The Labute approximate surface area is 196 Å². The molecule has 7 nitrogen and oxygen atoms in total. The van der Waals surface area contributed by atoms with Crippen molar-refractivity contribution in [3.8, 4) is 11.3 Å². The van der Waals surface area contributed by atoms with Crippen molar-refractivity contribution in [3.05, 3.63) is 47.2 Å². The molecule has 0 spiro atoms. The second-order valence-electron chi connectivity index (χ2n) is 10.0. The van der Waals surface area contributed by atoms with Gasteiger partial charge in [-0.2, -0.15) is 0 Å². The zero-order chi connectivity index (χ0) is 24.0. The summed E-state index contributed by atoms with van der Waals surface area (Å²) in [4.78, 5) is 21.4. The first-order valence-corrected chi connectivity index (χ1v) is 11.9. The van der Waals surface area contributed by atoms with Crippen molar-refractivity contribution < 1.29 is 9.90 Å². The summed E-state index contributed by atoms with van der Waals surface area (Å²) in [7, 11) is 6.31. The van der Waals surface area contributed by atoms with Crippen LogP contribution in [0.3, 0.4) is 0 Å².